The Morgan fingerprint density at radius 1 is 1.50 bits per heavy atom. The van der Waals surface area contributed by atoms with Crippen LogP contribution in [0.4, 0.5) is 0 Å². The van der Waals surface area contributed by atoms with E-state index in [1.807, 2.05) is 30.3 Å². The van der Waals surface area contributed by atoms with Gasteiger partial charge in [-0.25, -0.2) is 4.79 Å². The Kier molecular flexibility index (Phi) is 4.06. The van der Waals surface area contributed by atoms with Crippen molar-refractivity contribution in [2.24, 2.45) is 5.73 Å². The van der Waals surface area contributed by atoms with Crippen LogP contribution in [0.5, 0.6) is 0 Å². The van der Waals surface area contributed by atoms with Crippen molar-refractivity contribution in [3.05, 3.63) is 35.9 Å². The zero-order valence-electron chi connectivity index (χ0n) is 7.51. The summed E-state index contributed by atoms with van der Waals surface area (Å²) in [5.41, 5.74) is 8.91. The SMILES string of the molecule is NC(NOCC(=O)O)c1ccccc1. The molecule has 1 atom stereocenters. The third kappa shape index (κ3) is 3.53. The Balaban J connectivity index is 2.36. The molecule has 5 nitrogen and oxygen atoms in total. The molecule has 14 heavy (non-hydrogen) atoms. The first-order valence-corrected chi connectivity index (χ1v) is 4.10. The molecule has 0 amide bonds. The van der Waals surface area contributed by atoms with Crippen LogP contribution in [-0.2, 0) is 9.63 Å². The third-order valence-corrected chi connectivity index (χ3v) is 1.56. The first-order valence-electron chi connectivity index (χ1n) is 4.10. The van der Waals surface area contributed by atoms with Crippen LogP contribution >= 0.6 is 0 Å². The molecule has 0 radical (unpaired) electrons. The van der Waals surface area contributed by atoms with Crippen LogP contribution in [0.3, 0.4) is 0 Å². The Labute approximate surface area is 81.4 Å². The predicted octanol–water partition coefficient (Wildman–Crippen LogP) is 0.250. The van der Waals surface area contributed by atoms with Crippen molar-refractivity contribution >= 4 is 5.97 Å². The molecule has 1 rings (SSSR count). The van der Waals surface area contributed by atoms with E-state index in [9.17, 15) is 4.79 Å². The second-order valence-corrected chi connectivity index (χ2v) is 2.69. The third-order valence-electron chi connectivity index (χ3n) is 1.56. The fourth-order valence-electron chi connectivity index (χ4n) is 0.922. The lowest BCUT2D eigenvalue weighted by atomic mass is 10.2. The maximum absolute atomic E-state index is 10.1. The van der Waals surface area contributed by atoms with Gasteiger partial charge in [0.1, 0.15) is 6.17 Å². The molecule has 0 aromatic heterocycles. The first-order chi connectivity index (χ1) is 6.70. The molecule has 0 fully saturated rings. The zero-order chi connectivity index (χ0) is 10.4. The molecule has 0 saturated carbocycles. The molecule has 76 valence electrons. The summed E-state index contributed by atoms with van der Waals surface area (Å²) in [7, 11) is 0. The number of rotatable bonds is 5. The topological polar surface area (TPSA) is 84.6 Å². The number of benzene rings is 1. The lowest BCUT2D eigenvalue weighted by Gasteiger charge is -2.12. The Morgan fingerprint density at radius 3 is 2.71 bits per heavy atom. The maximum Gasteiger partial charge on any atom is 0.331 e. The van der Waals surface area contributed by atoms with Crippen LogP contribution in [0, 0.1) is 0 Å². The lowest BCUT2D eigenvalue weighted by Crippen LogP contribution is -2.30. The van der Waals surface area contributed by atoms with E-state index < -0.39 is 18.7 Å². The molecule has 0 bridgehead atoms. The number of nitrogens with two attached hydrogens (primary N) is 1. The quantitative estimate of drug-likeness (QED) is 0.464. The van der Waals surface area contributed by atoms with E-state index in [1.54, 1.807) is 0 Å². The number of carbonyl (C=O) groups is 1. The number of hydroxylamine groups is 1. The number of hydrogen-bond donors (Lipinski definition) is 3. The average molecular weight is 196 g/mol. The van der Waals surface area contributed by atoms with E-state index >= 15 is 0 Å². The van der Waals surface area contributed by atoms with Crippen LogP contribution in [0.2, 0.25) is 0 Å². The molecule has 5 heteroatoms. The van der Waals surface area contributed by atoms with E-state index in [2.05, 4.69) is 10.3 Å². The van der Waals surface area contributed by atoms with Gasteiger partial charge in [-0.3, -0.25) is 4.84 Å². The van der Waals surface area contributed by atoms with Gasteiger partial charge < -0.3 is 10.8 Å². The molecule has 4 N–H and O–H groups in total. The van der Waals surface area contributed by atoms with Crippen molar-refractivity contribution in [3.8, 4) is 0 Å². The molecule has 0 heterocycles. The highest BCUT2D eigenvalue weighted by molar-refractivity contribution is 5.67. The molecule has 1 aromatic rings. The number of aliphatic carboxylic acids is 1. The van der Waals surface area contributed by atoms with Gasteiger partial charge in [0.25, 0.3) is 0 Å². The largest absolute Gasteiger partial charge is 0.479 e. The van der Waals surface area contributed by atoms with Gasteiger partial charge in [-0.15, -0.1) is 0 Å². The number of carboxylic acids is 1. The van der Waals surface area contributed by atoms with Crippen molar-refractivity contribution in [1.29, 1.82) is 0 Å². The lowest BCUT2D eigenvalue weighted by molar-refractivity contribution is -0.146. The summed E-state index contributed by atoms with van der Waals surface area (Å²) < 4.78 is 0. The van der Waals surface area contributed by atoms with Crippen molar-refractivity contribution in [2.75, 3.05) is 6.61 Å². The van der Waals surface area contributed by atoms with Gasteiger partial charge in [0, 0.05) is 0 Å². The average Bonchev–Trinajstić information content (AvgIpc) is 2.18. The molecule has 1 unspecified atom stereocenters. The van der Waals surface area contributed by atoms with E-state index in [0.717, 1.165) is 5.56 Å². The molecule has 0 saturated heterocycles. The molecule has 0 aliphatic carbocycles. The highest BCUT2D eigenvalue weighted by Crippen LogP contribution is 2.05. The summed E-state index contributed by atoms with van der Waals surface area (Å²) in [6.45, 7) is -0.416. The highest BCUT2D eigenvalue weighted by Gasteiger charge is 2.04. The van der Waals surface area contributed by atoms with Gasteiger partial charge in [0.05, 0.1) is 0 Å². The van der Waals surface area contributed by atoms with Crippen molar-refractivity contribution in [1.82, 2.24) is 5.48 Å². The molecule has 0 spiro atoms. The van der Waals surface area contributed by atoms with Crippen molar-refractivity contribution in [3.63, 3.8) is 0 Å². The monoisotopic (exact) mass is 196 g/mol. The van der Waals surface area contributed by atoms with Crippen LogP contribution < -0.4 is 11.2 Å². The number of hydrogen-bond acceptors (Lipinski definition) is 4. The van der Waals surface area contributed by atoms with Crippen LogP contribution in [0.25, 0.3) is 0 Å². The Bertz CT molecular complexity index is 289. The van der Waals surface area contributed by atoms with Gasteiger partial charge in [0.2, 0.25) is 0 Å². The molecule has 0 aliphatic heterocycles. The van der Waals surface area contributed by atoms with Crippen molar-refractivity contribution < 1.29 is 14.7 Å². The number of carboxylic acid groups (broad SMARTS) is 1. The molecular formula is C9H12N2O3. The summed E-state index contributed by atoms with van der Waals surface area (Å²) in [6.07, 6.45) is -0.518. The minimum atomic E-state index is -1.04. The second kappa shape index (κ2) is 5.33. The Hall–Kier alpha value is -1.43. The summed E-state index contributed by atoms with van der Waals surface area (Å²) in [5.74, 6) is -1.04. The summed E-state index contributed by atoms with van der Waals surface area (Å²) in [4.78, 5) is 14.7. The summed E-state index contributed by atoms with van der Waals surface area (Å²) in [5, 5.41) is 8.29. The van der Waals surface area contributed by atoms with Crippen LogP contribution in [0.1, 0.15) is 11.7 Å². The van der Waals surface area contributed by atoms with Crippen LogP contribution in [0.15, 0.2) is 30.3 Å². The molecule has 0 aliphatic rings. The first kappa shape index (κ1) is 10.6. The van der Waals surface area contributed by atoms with E-state index in [4.69, 9.17) is 10.8 Å². The highest BCUT2D eigenvalue weighted by atomic mass is 16.7. The summed E-state index contributed by atoms with van der Waals surface area (Å²) >= 11 is 0. The van der Waals surface area contributed by atoms with E-state index in [0.29, 0.717) is 0 Å². The zero-order valence-corrected chi connectivity index (χ0v) is 7.51. The fourth-order valence-corrected chi connectivity index (χ4v) is 0.922. The van der Waals surface area contributed by atoms with Gasteiger partial charge in [-0.2, -0.15) is 5.48 Å². The summed E-state index contributed by atoms with van der Waals surface area (Å²) in [6, 6.07) is 9.19. The Morgan fingerprint density at radius 2 is 2.14 bits per heavy atom. The molecular weight excluding hydrogens is 184 g/mol. The maximum atomic E-state index is 10.1. The van der Waals surface area contributed by atoms with Gasteiger partial charge in [0.15, 0.2) is 6.61 Å². The minimum absolute atomic E-state index is 0.416. The van der Waals surface area contributed by atoms with Gasteiger partial charge >= 0.3 is 5.97 Å². The molecule has 1 aromatic carbocycles. The van der Waals surface area contributed by atoms with Crippen molar-refractivity contribution in [2.45, 2.75) is 6.17 Å². The fraction of sp³-hybridized carbons (Fsp3) is 0.222. The van der Waals surface area contributed by atoms with Gasteiger partial charge in [-0.05, 0) is 5.56 Å². The normalized spacial score (nSPS) is 12.4. The predicted molar refractivity (Wildman–Crippen MR) is 50.1 cm³/mol. The second-order valence-electron chi connectivity index (χ2n) is 2.69. The van der Waals surface area contributed by atoms with Gasteiger partial charge in [-0.1, -0.05) is 30.3 Å². The minimum Gasteiger partial charge on any atom is -0.479 e. The smallest absolute Gasteiger partial charge is 0.331 e. The van der Waals surface area contributed by atoms with E-state index in [-0.39, 0.29) is 0 Å². The number of nitrogens with one attached hydrogen (secondary N) is 1. The van der Waals surface area contributed by atoms with Crippen LogP contribution in [-0.4, -0.2) is 17.7 Å². The standard InChI is InChI=1S/C9H12N2O3/c10-9(11-14-6-8(12)13)7-4-2-1-3-5-7/h1-5,9,11H,6,10H2,(H,12,13). The van der Waals surface area contributed by atoms with E-state index in [1.165, 1.54) is 0 Å².